The van der Waals surface area contributed by atoms with Crippen LogP contribution in [-0.2, 0) is 30.2 Å². The first-order valence-electron chi connectivity index (χ1n) is 9.87. The summed E-state index contributed by atoms with van der Waals surface area (Å²) in [6.07, 6.45) is 0.874. The van der Waals surface area contributed by atoms with Gasteiger partial charge in [-0.2, -0.15) is 8.42 Å². The summed E-state index contributed by atoms with van der Waals surface area (Å²) in [6, 6.07) is 15.2. The summed E-state index contributed by atoms with van der Waals surface area (Å²) in [5, 5.41) is 0. The molecule has 9 heteroatoms. The lowest BCUT2D eigenvalue weighted by molar-refractivity contribution is 0.215. The Hall–Kier alpha value is -1.70. The number of benzene rings is 2. The molecule has 166 valence electrons. The highest BCUT2D eigenvalue weighted by atomic mass is 32.2. The minimum atomic E-state index is -4.60. The zero-order valence-electron chi connectivity index (χ0n) is 17.5. The van der Waals surface area contributed by atoms with Gasteiger partial charge in [0, 0.05) is 0 Å². The molecule has 0 aliphatic rings. The van der Waals surface area contributed by atoms with Crippen molar-refractivity contribution in [1.82, 2.24) is 0 Å². The molecule has 2 aromatic carbocycles. The molecule has 0 bridgehead atoms. The summed E-state index contributed by atoms with van der Waals surface area (Å²) in [5.74, 6) is 1.48. The van der Waals surface area contributed by atoms with Crippen molar-refractivity contribution < 1.29 is 31.3 Å². The molecule has 0 aliphatic carbocycles. The van der Waals surface area contributed by atoms with Crippen molar-refractivity contribution in [3.05, 3.63) is 59.7 Å². The van der Waals surface area contributed by atoms with Gasteiger partial charge in [-0.1, -0.05) is 30.3 Å². The first-order chi connectivity index (χ1) is 14.2. The van der Waals surface area contributed by atoms with E-state index in [9.17, 15) is 17.5 Å². The molecule has 30 heavy (non-hydrogen) atoms. The lowest BCUT2D eigenvalue weighted by Crippen LogP contribution is -2.23. The van der Waals surface area contributed by atoms with Crippen molar-refractivity contribution in [2.75, 3.05) is 13.2 Å². The van der Waals surface area contributed by atoms with Crippen LogP contribution in [0.25, 0.3) is 0 Å². The minimum absolute atomic E-state index is 0.0195. The quantitative estimate of drug-likeness (QED) is 0.328. The summed E-state index contributed by atoms with van der Waals surface area (Å²) in [5.41, 5.74) is 2.00. The molecule has 7 nitrogen and oxygen atoms in total. The fourth-order valence-electron chi connectivity index (χ4n) is 3.04. The molecular formula is C21H29O7PS. The molecule has 0 aliphatic heterocycles. The van der Waals surface area contributed by atoms with E-state index in [0.29, 0.717) is 18.6 Å². The van der Waals surface area contributed by atoms with Gasteiger partial charge in [0.1, 0.15) is 11.5 Å². The van der Waals surface area contributed by atoms with E-state index in [-0.39, 0.29) is 19.6 Å². The zero-order valence-corrected chi connectivity index (χ0v) is 19.2. The van der Waals surface area contributed by atoms with Crippen LogP contribution in [0.2, 0.25) is 0 Å². The van der Waals surface area contributed by atoms with Gasteiger partial charge in [0.05, 0.1) is 13.2 Å². The SMILES string of the molecule is CCOP(=O)(OCC)C(CCCc1ccc(Oc2ccccc2C)cc1)S(=O)(=O)O. The van der Waals surface area contributed by atoms with Gasteiger partial charge in [-0.05, 0) is 69.4 Å². The zero-order chi connectivity index (χ0) is 22.2. The van der Waals surface area contributed by atoms with Gasteiger partial charge >= 0.3 is 7.60 Å². The van der Waals surface area contributed by atoms with E-state index < -0.39 is 22.7 Å². The Morgan fingerprint density at radius 2 is 1.60 bits per heavy atom. The number of aryl methyl sites for hydroxylation is 2. The summed E-state index contributed by atoms with van der Waals surface area (Å²) in [7, 11) is -8.58. The maximum Gasteiger partial charge on any atom is 0.351 e. The topological polar surface area (TPSA) is 99.1 Å². The standard InChI is InChI=1S/C21H29O7PS/c1-4-26-29(22,27-5-2)21(30(23,24)25)12-8-10-18-13-15-19(16-14-18)28-20-11-7-6-9-17(20)3/h6-7,9,11,13-16,21H,4-5,8,10,12H2,1-3H3,(H,23,24,25). The van der Waals surface area contributed by atoms with Crippen molar-refractivity contribution in [2.45, 2.75) is 45.0 Å². The fraction of sp³-hybridized carbons (Fsp3) is 0.429. The highest BCUT2D eigenvalue weighted by Gasteiger charge is 2.43. The van der Waals surface area contributed by atoms with Crippen LogP contribution >= 0.6 is 7.60 Å². The second kappa shape index (κ2) is 11.1. The predicted octanol–water partition coefficient (Wildman–Crippen LogP) is 5.59. The van der Waals surface area contributed by atoms with E-state index in [1.165, 1.54) is 0 Å². The third-order valence-electron chi connectivity index (χ3n) is 4.48. The van der Waals surface area contributed by atoms with Crippen LogP contribution in [0, 0.1) is 6.92 Å². The third-order valence-corrected chi connectivity index (χ3v) is 9.17. The van der Waals surface area contributed by atoms with Crippen molar-refractivity contribution in [1.29, 1.82) is 0 Å². The fourth-order valence-corrected chi connectivity index (χ4v) is 6.80. The highest BCUT2D eigenvalue weighted by molar-refractivity contribution is 7.94. The molecule has 0 saturated carbocycles. The molecule has 0 spiro atoms. The third kappa shape index (κ3) is 6.93. The minimum Gasteiger partial charge on any atom is -0.457 e. The summed E-state index contributed by atoms with van der Waals surface area (Å²) < 4.78 is 62.2. The monoisotopic (exact) mass is 456 g/mol. The van der Waals surface area contributed by atoms with Crippen LogP contribution in [0.15, 0.2) is 48.5 Å². The number of hydrogen-bond acceptors (Lipinski definition) is 6. The van der Waals surface area contributed by atoms with Crippen molar-refractivity contribution in [2.24, 2.45) is 0 Å². The van der Waals surface area contributed by atoms with E-state index in [1.807, 2.05) is 55.5 Å². The number of rotatable bonds is 12. The van der Waals surface area contributed by atoms with Gasteiger partial charge < -0.3 is 13.8 Å². The summed E-state index contributed by atoms with van der Waals surface area (Å²) >= 11 is 0. The van der Waals surface area contributed by atoms with E-state index >= 15 is 0 Å². The molecule has 0 radical (unpaired) electrons. The molecule has 2 rings (SSSR count). The van der Waals surface area contributed by atoms with Crippen LogP contribution in [-0.4, -0.2) is 31.2 Å². The Bertz CT molecular complexity index is 948. The van der Waals surface area contributed by atoms with Crippen LogP contribution in [0.4, 0.5) is 0 Å². The molecule has 0 amide bonds. The number of para-hydroxylation sites is 1. The lowest BCUT2D eigenvalue weighted by Gasteiger charge is -2.24. The second-order valence-electron chi connectivity index (χ2n) is 6.75. The molecule has 0 fully saturated rings. The highest BCUT2D eigenvalue weighted by Crippen LogP contribution is 2.56. The average molecular weight is 456 g/mol. The first-order valence-corrected chi connectivity index (χ1v) is 13.0. The van der Waals surface area contributed by atoms with Crippen LogP contribution in [0.1, 0.15) is 37.8 Å². The van der Waals surface area contributed by atoms with E-state index in [4.69, 9.17) is 13.8 Å². The molecule has 1 unspecified atom stereocenters. The van der Waals surface area contributed by atoms with Crippen molar-refractivity contribution in [3.63, 3.8) is 0 Å². The van der Waals surface area contributed by atoms with Crippen LogP contribution < -0.4 is 4.74 Å². The molecule has 0 heterocycles. The normalized spacial score (nSPS) is 13.2. The van der Waals surface area contributed by atoms with Gasteiger partial charge in [-0.3, -0.25) is 9.12 Å². The van der Waals surface area contributed by atoms with Gasteiger partial charge in [0.25, 0.3) is 10.1 Å². The van der Waals surface area contributed by atoms with Crippen molar-refractivity contribution in [3.8, 4) is 11.5 Å². The predicted molar refractivity (Wildman–Crippen MR) is 117 cm³/mol. The molecule has 2 aromatic rings. The molecule has 0 aromatic heterocycles. The summed E-state index contributed by atoms with van der Waals surface area (Å²) in [6.45, 7) is 5.19. The Morgan fingerprint density at radius 3 is 2.13 bits per heavy atom. The maximum absolute atomic E-state index is 12.8. The van der Waals surface area contributed by atoms with Crippen LogP contribution in [0.5, 0.6) is 11.5 Å². The Morgan fingerprint density at radius 1 is 1.00 bits per heavy atom. The van der Waals surface area contributed by atoms with Gasteiger partial charge in [0.2, 0.25) is 0 Å². The number of hydrogen-bond donors (Lipinski definition) is 1. The summed E-state index contributed by atoms with van der Waals surface area (Å²) in [4.78, 5) is -1.60. The lowest BCUT2D eigenvalue weighted by atomic mass is 10.1. The smallest absolute Gasteiger partial charge is 0.351 e. The van der Waals surface area contributed by atoms with E-state index in [2.05, 4.69) is 0 Å². The average Bonchev–Trinajstić information content (AvgIpc) is 2.67. The first kappa shape index (κ1) is 24.6. The van der Waals surface area contributed by atoms with Gasteiger partial charge in [-0.15, -0.1) is 0 Å². The van der Waals surface area contributed by atoms with E-state index in [1.54, 1.807) is 13.8 Å². The maximum atomic E-state index is 12.8. The molecule has 1 N–H and O–H groups in total. The molecule has 1 atom stereocenters. The Balaban J connectivity index is 2.01. The van der Waals surface area contributed by atoms with Crippen LogP contribution in [0.3, 0.4) is 0 Å². The molecule has 0 saturated heterocycles. The van der Waals surface area contributed by atoms with Gasteiger partial charge in [0.15, 0.2) is 4.99 Å². The van der Waals surface area contributed by atoms with E-state index in [0.717, 1.165) is 16.9 Å². The Kier molecular flexibility index (Phi) is 9.07. The van der Waals surface area contributed by atoms with Crippen molar-refractivity contribution >= 4 is 17.7 Å². The molecular weight excluding hydrogens is 427 g/mol. The van der Waals surface area contributed by atoms with Gasteiger partial charge in [-0.25, -0.2) is 0 Å². The largest absolute Gasteiger partial charge is 0.457 e. The number of ether oxygens (including phenoxy) is 1. The Labute approximate surface area is 178 Å². The second-order valence-corrected chi connectivity index (χ2v) is 10.9.